The molecule has 0 aromatic carbocycles. The maximum atomic E-state index is 10.5. The van der Waals surface area contributed by atoms with Crippen molar-refractivity contribution < 1.29 is 15.0 Å². The number of carboxylic acids is 1. The predicted octanol–water partition coefficient (Wildman–Crippen LogP) is 1.12. The largest absolute Gasteiger partial charge is 0.545 e. The molecule has 0 amide bonds. The van der Waals surface area contributed by atoms with Gasteiger partial charge in [-0.25, -0.2) is 0 Å². The molecule has 0 bridgehead atoms. The first-order valence-corrected chi connectivity index (χ1v) is 5.53. The van der Waals surface area contributed by atoms with E-state index in [1.165, 1.54) is 6.92 Å². The van der Waals surface area contributed by atoms with E-state index in [-0.39, 0.29) is 24.0 Å². The second-order valence-electron chi connectivity index (χ2n) is 4.08. The van der Waals surface area contributed by atoms with Crippen LogP contribution < -0.4 is 5.11 Å². The summed E-state index contributed by atoms with van der Waals surface area (Å²) in [5.74, 6) is -0.896. The van der Waals surface area contributed by atoms with Crippen LogP contribution in [0.2, 0.25) is 0 Å². The minimum Gasteiger partial charge on any atom is -0.545 e. The van der Waals surface area contributed by atoms with E-state index < -0.39 is 5.97 Å². The second-order valence-corrected chi connectivity index (χ2v) is 4.08. The third-order valence-electron chi connectivity index (χ3n) is 2.74. The number of carboxylic acid groups (broad SMARTS) is 1. The molecule has 15 heavy (non-hydrogen) atoms. The zero-order chi connectivity index (χ0) is 11.8. The zero-order valence-electron chi connectivity index (χ0n) is 9.82. The minimum atomic E-state index is -1.13. The summed E-state index contributed by atoms with van der Waals surface area (Å²) in [4.78, 5) is 10.5. The van der Waals surface area contributed by atoms with Gasteiger partial charge in [0.1, 0.15) is 0 Å². The standard InChI is InChI=1S/C12H22O3/c1-4-5-6-11(8-13)9(2)7-10(3)12(14)15/h7,9,11,13H,4-6,8H2,1-3H3,(H,14,15)/p-1/b10-7+. The molecule has 0 heterocycles. The fourth-order valence-electron chi connectivity index (χ4n) is 1.59. The number of carbonyl (C=O) groups is 1. The lowest BCUT2D eigenvalue weighted by atomic mass is 9.88. The van der Waals surface area contributed by atoms with E-state index in [0.717, 1.165) is 19.3 Å². The molecule has 0 aromatic rings. The van der Waals surface area contributed by atoms with Gasteiger partial charge in [-0.3, -0.25) is 0 Å². The molecule has 3 heteroatoms. The maximum Gasteiger partial charge on any atom is 0.0668 e. The van der Waals surface area contributed by atoms with Crippen molar-refractivity contribution in [2.45, 2.75) is 40.0 Å². The van der Waals surface area contributed by atoms with Gasteiger partial charge >= 0.3 is 0 Å². The molecule has 0 saturated heterocycles. The molecule has 0 aliphatic carbocycles. The normalized spacial score (nSPS) is 16.1. The van der Waals surface area contributed by atoms with Crippen molar-refractivity contribution >= 4 is 5.97 Å². The van der Waals surface area contributed by atoms with Crippen molar-refractivity contribution in [2.24, 2.45) is 11.8 Å². The lowest BCUT2D eigenvalue weighted by Gasteiger charge is -2.19. The van der Waals surface area contributed by atoms with Crippen molar-refractivity contribution in [3.05, 3.63) is 11.6 Å². The maximum absolute atomic E-state index is 10.5. The lowest BCUT2D eigenvalue weighted by molar-refractivity contribution is -0.299. The molecule has 0 saturated carbocycles. The summed E-state index contributed by atoms with van der Waals surface area (Å²) in [6.45, 7) is 5.67. The van der Waals surface area contributed by atoms with Crippen LogP contribution in [0.15, 0.2) is 11.6 Å². The quantitative estimate of drug-likeness (QED) is 0.645. The number of rotatable bonds is 7. The summed E-state index contributed by atoms with van der Waals surface area (Å²) in [5, 5.41) is 19.7. The number of aliphatic hydroxyl groups excluding tert-OH is 1. The van der Waals surface area contributed by atoms with Crippen molar-refractivity contribution in [2.75, 3.05) is 6.61 Å². The molecular weight excluding hydrogens is 192 g/mol. The number of aliphatic carboxylic acids is 1. The molecule has 0 fully saturated rings. The minimum absolute atomic E-state index is 0.0828. The van der Waals surface area contributed by atoms with Gasteiger partial charge in [-0.15, -0.1) is 0 Å². The van der Waals surface area contributed by atoms with E-state index >= 15 is 0 Å². The summed E-state index contributed by atoms with van der Waals surface area (Å²) in [7, 11) is 0. The van der Waals surface area contributed by atoms with Crippen LogP contribution in [0.3, 0.4) is 0 Å². The summed E-state index contributed by atoms with van der Waals surface area (Å²) in [6, 6.07) is 0. The SMILES string of the molecule is CCCCC(CO)C(C)/C=C(\C)C(=O)[O-]. The van der Waals surface area contributed by atoms with E-state index in [9.17, 15) is 15.0 Å². The Morgan fingerprint density at radius 2 is 2.13 bits per heavy atom. The van der Waals surface area contributed by atoms with E-state index in [2.05, 4.69) is 6.92 Å². The predicted molar refractivity (Wildman–Crippen MR) is 58.0 cm³/mol. The van der Waals surface area contributed by atoms with Gasteiger partial charge in [0.15, 0.2) is 0 Å². The summed E-state index contributed by atoms with van der Waals surface area (Å²) >= 11 is 0. The highest BCUT2D eigenvalue weighted by Gasteiger charge is 2.13. The van der Waals surface area contributed by atoms with Crippen LogP contribution in [-0.4, -0.2) is 17.7 Å². The zero-order valence-corrected chi connectivity index (χ0v) is 9.82. The Hall–Kier alpha value is -0.830. The van der Waals surface area contributed by atoms with Crippen LogP contribution in [0, 0.1) is 11.8 Å². The van der Waals surface area contributed by atoms with E-state index in [1.54, 1.807) is 6.08 Å². The van der Waals surface area contributed by atoms with Gasteiger partial charge in [-0.2, -0.15) is 0 Å². The van der Waals surface area contributed by atoms with Crippen LogP contribution in [0.4, 0.5) is 0 Å². The number of hydrogen-bond donors (Lipinski definition) is 1. The van der Waals surface area contributed by atoms with Crippen molar-refractivity contribution in [3.63, 3.8) is 0 Å². The number of carbonyl (C=O) groups excluding carboxylic acids is 1. The molecule has 0 aromatic heterocycles. The van der Waals surface area contributed by atoms with Crippen LogP contribution in [-0.2, 0) is 4.79 Å². The van der Waals surface area contributed by atoms with E-state index in [1.807, 2.05) is 6.92 Å². The Balaban J connectivity index is 4.31. The molecule has 0 rings (SSSR count). The Labute approximate surface area is 91.8 Å². The highest BCUT2D eigenvalue weighted by molar-refractivity contribution is 5.83. The molecule has 2 unspecified atom stereocenters. The highest BCUT2D eigenvalue weighted by atomic mass is 16.4. The molecule has 0 radical (unpaired) electrons. The van der Waals surface area contributed by atoms with Crippen LogP contribution in [0.5, 0.6) is 0 Å². The van der Waals surface area contributed by atoms with Gasteiger partial charge in [0.25, 0.3) is 0 Å². The molecule has 3 nitrogen and oxygen atoms in total. The number of hydrogen-bond acceptors (Lipinski definition) is 3. The average Bonchev–Trinajstić information content (AvgIpc) is 2.18. The highest BCUT2D eigenvalue weighted by Crippen LogP contribution is 2.20. The monoisotopic (exact) mass is 213 g/mol. The van der Waals surface area contributed by atoms with Crippen LogP contribution in [0.25, 0.3) is 0 Å². The second kappa shape index (κ2) is 7.46. The number of unbranched alkanes of at least 4 members (excludes halogenated alkanes) is 1. The number of aliphatic hydroxyl groups is 1. The number of allylic oxidation sites excluding steroid dienone is 1. The van der Waals surface area contributed by atoms with Gasteiger partial charge in [0.05, 0.1) is 5.97 Å². The lowest BCUT2D eigenvalue weighted by Crippen LogP contribution is -2.24. The first kappa shape index (κ1) is 14.2. The van der Waals surface area contributed by atoms with Gasteiger partial charge in [0.2, 0.25) is 0 Å². The summed E-state index contributed by atoms with van der Waals surface area (Å²) < 4.78 is 0. The van der Waals surface area contributed by atoms with E-state index in [4.69, 9.17) is 0 Å². The smallest absolute Gasteiger partial charge is 0.0668 e. The Bertz CT molecular complexity index is 221. The first-order chi connectivity index (χ1) is 7.02. The van der Waals surface area contributed by atoms with Gasteiger partial charge < -0.3 is 15.0 Å². The molecule has 1 N–H and O–H groups in total. The van der Waals surface area contributed by atoms with E-state index in [0.29, 0.717) is 0 Å². The Morgan fingerprint density at radius 1 is 1.53 bits per heavy atom. The fraction of sp³-hybridized carbons (Fsp3) is 0.750. The third-order valence-corrected chi connectivity index (χ3v) is 2.74. The van der Waals surface area contributed by atoms with Crippen molar-refractivity contribution in [1.82, 2.24) is 0 Å². The third kappa shape index (κ3) is 5.57. The van der Waals surface area contributed by atoms with Crippen LogP contribution in [0.1, 0.15) is 40.0 Å². The van der Waals surface area contributed by atoms with Crippen molar-refractivity contribution in [1.29, 1.82) is 0 Å². The molecule has 0 aliphatic heterocycles. The Kier molecular flexibility index (Phi) is 7.05. The average molecular weight is 213 g/mol. The topological polar surface area (TPSA) is 60.4 Å². The molecule has 88 valence electrons. The summed E-state index contributed by atoms with van der Waals surface area (Å²) in [5.41, 5.74) is 0.248. The first-order valence-electron chi connectivity index (χ1n) is 5.53. The van der Waals surface area contributed by atoms with Gasteiger partial charge in [0, 0.05) is 6.61 Å². The van der Waals surface area contributed by atoms with Crippen LogP contribution >= 0.6 is 0 Å². The molecular formula is C12H21O3-. The molecule has 0 spiro atoms. The van der Waals surface area contributed by atoms with Gasteiger partial charge in [-0.05, 0) is 30.8 Å². The van der Waals surface area contributed by atoms with Crippen molar-refractivity contribution in [3.8, 4) is 0 Å². The summed E-state index contributed by atoms with van der Waals surface area (Å²) in [6.07, 6.45) is 4.76. The fourth-order valence-corrected chi connectivity index (χ4v) is 1.59. The molecule has 2 atom stereocenters. The Morgan fingerprint density at radius 3 is 2.53 bits per heavy atom. The van der Waals surface area contributed by atoms with Gasteiger partial charge in [-0.1, -0.05) is 32.8 Å². The molecule has 0 aliphatic rings.